The minimum absolute atomic E-state index is 0.0606. The molecule has 0 aromatic carbocycles. The van der Waals surface area contributed by atoms with Crippen molar-refractivity contribution in [2.75, 3.05) is 17.6 Å². The van der Waals surface area contributed by atoms with Crippen molar-refractivity contribution in [2.24, 2.45) is 0 Å². The van der Waals surface area contributed by atoms with Crippen LogP contribution in [0.15, 0.2) is 12.3 Å². The van der Waals surface area contributed by atoms with Crippen molar-refractivity contribution in [3.63, 3.8) is 0 Å². The van der Waals surface area contributed by atoms with Gasteiger partial charge in [0.15, 0.2) is 9.84 Å². The number of rotatable bonds is 4. The number of sulfone groups is 1. The van der Waals surface area contributed by atoms with Gasteiger partial charge in [0.25, 0.3) is 0 Å². The van der Waals surface area contributed by atoms with Gasteiger partial charge in [0.05, 0.1) is 15.9 Å². The first kappa shape index (κ1) is 14.2. The van der Waals surface area contributed by atoms with E-state index in [1.54, 1.807) is 6.07 Å². The second-order valence-electron chi connectivity index (χ2n) is 4.44. The fourth-order valence-corrected chi connectivity index (χ4v) is 3.92. The van der Waals surface area contributed by atoms with Crippen LogP contribution in [0.25, 0.3) is 0 Å². The maximum Gasteiger partial charge on any atom is 0.328 e. The Morgan fingerprint density at radius 1 is 1.60 bits per heavy atom. The van der Waals surface area contributed by atoms with Gasteiger partial charge in [0.2, 0.25) is 5.82 Å². The van der Waals surface area contributed by atoms with Crippen LogP contribution in [0.2, 0.25) is 0 Å². The Morgan fingerprint density at radius 3 is 2.90 bits per heavy atom. The van der Waals surface area contributed by atoms with Crippen molar-refractivity contribution in [1.82, 2.24) is 4.98 Å². The molecule has 8 nitrogen and oxygen atoms in total. The van der Waals surface area contributed by atoms with E-state index in [1.807, 2.05) is 0 Å². The molecule has 1 atom stereocenters. The lowest BCUT2D eigenvalue weighted by Gasteiger charge is -2.11. The summed E-state index contributed by atoms with van der Waals surface area (Å²) < 4.78 is 23.4. The van der Waals surface area contributed by atoms with E-state index in [-0.39, 0.29) is 23.7 Å². The number of pyridine rings is 1. The van der Waals surface area contributed by atoms with Crippen molar-refractivity contribution in [3.8, 4) is 6.07 Å². The van der Waals surface area contributed by atoms with E-state index in [0.29, 0.717) is 12.8 Å². The molecule has 0 aliphatic carbocycles. The number of nitro groups is 1. The SMILES string of the molecule is N#Cc1ccnc(NCC2CCCS2(=O)=O)c1[N+](=O)[O-]. The Hall–Kier alpha value is -2.21. The lowest BCUT2D eigenvalue weighted by atomic mass is 10.2. The summed E-state index contributed by atoms with van der Waals surface area (Å²) in [6.45, 7) is 0.0606. The molecule has 2 heterocycles. The van der Waals surface area contributed by atoms with E-state index < -0.39 is 25.7 Å². The number of nitriles is 1. The van der Waals surface area contributed by atoms with Crippen LogP contribution in [-0.4, -0.2) is 35.9 Å². The van der Waals surface area contributed by atoms with Crippen molar-refractivity contribution in [1.29, 1.82) is 5.26 Å². The molecule has 9 heteroatoms. The van der Waals surface area contributed by atoms with Crippen LogP contribution in [0.4, 0.5) is 11.5 Å². The number of nitrogens with one attached hydrogen (secondary N) is 1. The molecule has 0 amide bonds. The van der Waals surface area contributed by atoms with E-state index in [0.717, 1.165) is 0 Å². The zero-order valence-electron chi connectivity index (χ0n) is 10.4. The number of anilines is 1. The monoisotopic (exact) mass is 296 g/mol. The van der Waals surface area contributed by atoms with Gasteiger partial charge in [0.1, 0.15) is 11.6 Å². The summed E-state index contributed by atoms with van der Waals surface area (Å²) in [5, 5.41) is 22.0. The summed E-state index contributed by atoms with van der Waals surface area (Å²) in [6.07, 6.45) is 2.40. The van der Waals surface area contributed by atoms with Gasteiger partial charge < -0.3 is 5.32 Å². The normalized spacial score (nSPS) is 20.2. The van der Waals surface area contributed by atoms with Crippen molar-refractivity contribution in [2.45, 2.75) is 18.1 Å². The van der Waals surface area contributed by atoms with Gasteiger partial charge in [-0.25, -0.2) is 13.4 Å². The van der Waals surface area contributed by atoms with E-state index in [2.05, 4.69) is 10.3 Å². The predicted molar refractivity (Wildman–Crippen MR) is 70.9 cm³/mol. The molecule has 1 unspecified atom stereocenters. The summed E-state index contributed by atoms with van der Waals surface area (Å²) in [4.78, 5) is 14.1. The minimum atomic E-state index is -3.13. The molecule has 0 spiro atoms. The largest absolute Gasteiger partial charge is 0.363 e. The molecule has 1 aliphatic heterocycles. The first-order valence-corrected chi connectivity index (χ1v) is 7.66. The molecule has 0 radical (unpaired) electrons. The molecular formula is C11H12N4O4S. The first-order chi connectivity index (χ1) is 9.45. The average molecular weight is 296 g/mol. The van der Waals surface area contributed by atoms with Crippen LogP contribution in [0.1, 0.15) is 18.4 Å². The lowest BCUT2D eigenvalue weighted by molar-refractivity contribution is -0.384. The average Bonchev–Trinajstić information content (AvgIpc) is 2.74. The van der Waals surface area contributed by atoms with Gasteiger partial charge in [-0.1, -0.05) is 0 Å². The minimum Gasteiger partial charge on any atom is -0.363 e. The zero-order valence-corrected chi connectivity index (χ0v) is 11.3. The summed E-state index contributed by atoms with van der Waals surface area (Å²) in [5.74, 6) is 0.0729. The highest BCUT2D eigenvalue weighted by Crippen LogP contribution is 2.27. The Kier molecular flexibility index (Phi) is 3.85. The van der Waals surface area contributed by atoms with E-state index in [4.69, 9.17) is 5.26 Å². The van der Waals surface area contributed by atoms with Crippen molar-refractivity contribution in [3.05, 3.63) is 27.9 Å². The molecule has 2 rings (SSSR count). The van der Waals surface area contributed by atoms with Crippen LogP contribution >= 0.6 is 0 Å². The zero-order chi connectivity index (χ0) is 14.8. The molecule has 1 aromatic heterocycles. The molecule has 1 aliphatic rings. The fraction of sp³-hybridized carbons (Fsp3) is 0.455. The topological polar surface area (TPSA) is 126 Å². The molecule has 1 fully saturated rings. The molecule has 0 bridgehead atoms. The summed E-state index contributed by atoms with van der Waals surface area (Å²) in [6, 6.07) is 2.97. The Bertz CT molecular complexity index is 680. The fourth-order valence-electron chi connectivity index (χ4n) is 2.16. The molecular weight excluding hydrogens is 284 g/mol. The summed E-state index contributed by atoms with van der Waals surface area (Å²) >= 11 is 0. The molecule has 1 saturated heterocycles. The molecule has 106 valence electrons. The maximum absolute atomic E-state index is 11.7. The van der Waals surface area contributed by atoms with Gasteiger partial charge in [-0.05, 0) is 18.9 Å². The van der Waals surface area contributed by atoms with Crippen LogP contribution in [0.3, 0.4) is 0 Å². The number of nitrogens with zero attached hydrogens (tertiary/aromatic N) is 3. The number of aromatic nitrogens is 1. The van der Waals surface area contributed by atoms with E-state index in [9.17, 15) is 18.5 Å². The highest BCUT2D eigenvalue weighted by Gasteiger charge is 2.32. The van der Waals surface area contributed by atoms with Gasteiger partial charge in [-0.3, -0.25) is 10.1 Å². The van der Waals surface area contributed by atoms with Crippen LogP contribution in [-0.2, 0) is 9.84 Å². The number of hydrogen-bond acceptors (Lipinski definition) is 7. The predicted octanol–water partition coefficient (Wildman–Crippen LogP) is 0.851. The maximum atomic E-state index is 11.7. The third-order valence-electron chi connectivity index (χ3n) is 3.19. The lowest BCUT2D eigenvalue weighted by Crippen LogP contribution is -2.25. The molecule has 1 aromatic rings. The van der Waals surface area contributed by atoms with Crippen molar-refractivity contribution < 1.29 is 13.3 Å². The Labute approximate surface area is 115 Å². The highest BCUT2D eigenvalue weighted by atomic mass is 32.2. The van der Waals surface area contributed by atoms with Crippen molar-refractivity contribution >= 4 is 21.3 Å². The smallest absolute Gasteiger partial charge is 0.328 e. The van der Waals surface area contributed by atoms with Crippen LogP contribution < -0.4 is 5.32 Å². The summed E-state index contributed by atoms with van der Waals surface area (Å²) in [7, 11) is -3.13. The number of hydrogen-bond donors (Lipinski definition) is 1. The third-order valence-corrected chi connectivity index (χ3v) is 5.46. The standard InChI is InChI=1S/C11H12N4O4S/c12-6-8-3-4-13-11(10(8)15(16)17)14-7-9-2-1-5-20(9,18)19/h3-4,9H,1-2,5,7H2,(H,13,14). The van der Waals surface area contributed by atoms with Gasteiger partial charge in [0, 0.05) is 12.7 Å². The first-order valence-electron chi connectivity index (χ1n) is 5.94. The van der Waals surface area contributed by atoms with Crippen LogP contribution in [0, 0.1) is 21.4 Å². The van der Waals surface area contributed by atoms with E-state index >= 15 is 0 Å². The second kappa shape index (κ2) is 5.42. The van der Waals surface area contributed by atoms with Gasteiger partial charge in [-0.15, -0.1) is 0 Å². The second-order valence-corrected chi connectivity index (χ2v) is 6.84. The Morgan fingerprint density at radius 2 is 2.35 bits per heavy atom. The third kappa shape index (κ3) is 2.70. The van der Waals surface area contributed by atoms with Crippen LogP contribution in [0.5, 0.6) is 0 Å². The molecule has 1 N–H and O–H groups in total. The summed E-state index contributed by atoms with van der Waals surface area (Å²) in [5.41, 5.74) is -0.535. The van der Waals surface area contributed by atoms with Gasteiger partial charge in [-0.2, -0.15) is 5.26 Å². The molecule has 0 saturated carbocycles. The quantitative estimate of drug-likeness (QED) is 0.644. The highest BCUT2D eigenvalue weighted by molar-refractivity contribution is 7.92. The Balaban J connectivity index is 2.22. The van der Waals surface area contributed by atoms with E-state index in [1.165, 1.54) is 12.3 Å². The van der Waals surface area contributed by atoms with Gasteiger partial charge >= 0.3 is 5.69 Å². The molecule has 20 heavy (non-hydrogen) atoms.